The van der Waals surface area contributed by atoms with Crippen LogP contribution in [0.15, 0.2) is 65.5 Å². The molecule has 0 saturated heterocycles. The first-order valence-electron chi connectivity index (χ1n) is 7.21. The van der Waals surface area contributed by atoms with Gasteiger partial charge in [-0.3, -0.25) is 0 Å². The van der Waals surface area contributed by atoms with Crippen molar-refractivity contribution in [2.24, 2.45) is 0 Å². The Labute approximate surface area is 131 Å². The second-order valence-electron chi connectivity index (χ2n) is 5.13. The normalized spacial score (nSPS) is 11.0. The Balaban J connectivity index is 2.03. The van der Waals surface area contributed by atoms with Crippen LogP contribution in [0.2, 0.25) is 0 Å². The van der Waals surface area contributed by atoms with E-state index >= 15 is 0 Å². The van der Waals surface area contributed by atoms with Crippen LogP contribution in [0.4, 0.5) is 0 Å². The van der Waals surface area contributed by atoms with Gasteiger partial charge in [-0.05, 0) is 19.1 Å². The van der Waals surface area contributed by atoms with Gasteiger partial charge in [0.15, 0.2) is 5.82 Å². The van der Waals surface area contributed by atoms with Crippen molar-refractivity contribution in [3.8, 4) is 17.1 Å². The molecule has 0 aliphatic rings. The van der Waals surface area contributed by atoms with Crippen molar-refractivity contribution in [3.63, 3.8) is 0 Å². The van der Waals surface area contributed by atoms with Gasteiger partial charge in [0.1, 0.15) is 5.82 Å². The van der Waals surface area contributed by atoms with E-state index in [4.69, 9.17) is 0 Å². The maximum absolute atomic E-state index is 12.4. The predicted molar refractivity (Wildman–Crippen MR) is 86.6 cm³/mol. The molecule has 4 aromatic rings. The Morgan fingerprint density at radius 2 is 1.52 bits per heavy atom. The lowest BCUT2D eigenvalue weighted by Crippen LogP contribution is -2.20. The maximum atomic E-state index is 12.4. The first kappa shape index (κ1) is 13.4. The molecule has 0 unspecified atom stereocenters. The molecule has 2 aromatic heterocycles. The van der Waals surface area contributed by atoms with Gasteiger partial charge in [0.05, 0.1) is 5.69 Å². The summed E-state index contributed by atoms with van der Waals surface area (Å²) in [4.78, 5) is 21.0. The number of aromatic nitrogens is 5. The van der Waals surface area contributed by atoms with Gasteiger partial charge in [-0.15, -0.1) is 0 Å². The molecule has 6 heteroatoms. The molecule has 2 aromatic carbocycles. The van der Waals surface area contributed by atoms with Crippen molar-refractivity contribution in [1.82, 2.24) is 24.1 Å². The van der Waals surface area contributed by atoms with E-state index in [1.807, 2.05) is 60.7 Å². The second-order valence-corrected chi connectivity index (χ2v) is 5.13. The molecule has 0 radical (unpaired) electrons. The Morgan fingerprint density at radius 3 is 2.22 bits per heavy atom. The van der Waals surface area contributed by atoms with Crippen LogP contribution in [-0.2, 0) is 0 Å². The van der Waals surface area contributed by atoms with Crippen LogP contribution in [0.5, 0.6) is 0 Å². The summed E-state index contributed by atoms with van der Waals surface area (Å²) in [5, 5.41) is 4.43. The minimum atomic E-state index is -0.381. The number of aryl methyl sites for hydroxylation is 1. The van der Waals surface area contributed by atoms with Crippen LogP contribution in [0.3, 0.4) is 0 Å². The van der Waals surface area contributed by atoms with Crippen molar-refractivity contribution in [2.45, 2.75) is 6.92 Å². The van der Waals surface area contributed by atoms with Crippen LogP contribution in [0.1, 0.15) is 5.82 Å². The molecule has 0 fully saturated rings. The van der Waals surface area contributed by atoms with E-state index in [0.29, 0.717) is 17.4 Å². The van der Waals surface area contributed by atoms with Crippen LogP contribution in [0.25, 0.3) is 22.9 Å². The molecule has 0 saturated carbocycles. The molecule has 0 bridgehead atoms. The molecule has 23 heavy (non-hydrogen) atoms. The van der Waals surface area contributed by atoms with Gasteiger partial charge >= 0.3 is 5.69 Å². The zero-order valence-corrected chi connectivity index (χ0v) is 12.4. The number of nitrogens with zero attached hydrogens (tertiary/aromatic N) is 5. The molecule has 4 rings (SSSR count). The van der Waals surface area contributed by atoms with Crippen LogP contribution in [0, 0.1) is 6.92 Å². The molecule has 0 N–H and O–H groups in total. The Kier molecular flexibility index (Phi) is 3.01. The number of benzene rings is 2. The fourth-order valence-corrected chi connectivity index (χ4v) is 2.51. The molecule has 6 nitrogen and oxygen atoms in total. The quantitative estimate of drug-likeness (QED) is 0.570. The average molecular weight is 303 g/mol. The topological polar surface area (TPSA) is 65.1 Å². The summed E-state index contributed by atoms with van der Waals surface area (Å²) in [6, 6.07) is 19.0. The van der Waals surface area contributed by atoms with Crippen molar-refractivity contribution in [1.29, 1.82) is 0 Å². The van der Waals surface area contributed by atoms with Gasteiger partial charge in [-0.2, -0.15) is 19.7 Å². The first-order chi connectivity index (χ1) is 11.2. The van der Waals surface area contributed by atoms with Crippen molar-refractivity contribution >= 4 is 5.78 Å². The fraction of sp³-hybridized carbons (Fsp3) is 0.0588. The van der Waals surface area contributed by atoms with E-state index in [9.17, 15) is 4.79 Å². The van der Waals surface area contributed by atoms with Crippen molar-refractivity contribution in [2.75, 3.05) is 0 Å². The molecule has 0 spiro atoms. The lowest BCUT2D eigenvalue weighted by atomic mass is 10.2. The summed E-state index contributed by atoms with van der Waals surface area (Å²) < 4.78 is 3.07. The summed E-state index contributed by atoms with van der Waals surface area (Å²) in [6.45, 7) is 1.76. The highest BCUT2D eigenvalue weighted by Gasteiger charge is 2.15. The lowest BCUT2D eigenvalue weighted by molar-refractivity contribution is 0.877. The van der Waals surface area contributed by atoms with Crippen molar-refractivity contribution < 1.29 is 0 Å². The number of hydrogen-bond acceptors (Lipinski definition) is 4. The van der Waals surface area contributed by atoms with Gasteiger partial charge in [0.2, 0.25) is 5.78 Å². The zero-order valence-electron chi connectivity index (χ0n) is 12.4. The first-order valence-corrected chi connectivity index (χ1v) is 7.21. The summed E-state index contributed by atoms with van der Waals surface area (Å²) in [6.07, 6.45) is 0. The largest absolute Gasteiger partial charge is 0.358 e. The summed E-state index contributed by atoms with van der Waals surface area (Å²) in [5.41, 5.74) is 1.26. The highest BCUT2D eigenvalue weighted by molar-refractivity contribution is 5.56. The Morgan fingerprint density at radius 1 is 0.870 bits per heavy atom. The molecule has 0 aliphatic heterocycles. The highest BCUT2D eigenvalue weighted by Crippen LogP contribution is 2.15. The van der Waals surface area contributed by atoms with E-state index in [2.05, 4.69) is 15.1 Å². The third-order valence-electron chi connectivity index (χ3n) is 3.59. The van der Waals surface area contributed by atoms with Gasteiger partial charge in [0.25, 0.3) is 0 Å². The van der Waals surface area contributed by atoms with Gasteiger partial charge < -0.3 is 0 Å². The maximum Gasteiger partial charge on any atom is 0.358 e. The molecule has 2 heterocycles. The van der Waals surface area contributed by atoms with Crippen LogP contribution >= 0.6 is 0 Å². The SMILES string of the molecule is Cc1nn(-c2ccccc2)c2nc(-c3ccccc3)nc(=O)n12. The Bertz CT molecular complexity index is 1040. The van der Waals surface area contributed by atoms with E-state index < -0.39 is 0 Å². The van der Waals surface area contributed by atoms with Crippen molar-refractivity contribution in [3.05, 3.63) is 77.0 Å². The van der Waals surface area contributed by atoms with E-state index in [0.717, 1.165) is 11.3 Å². The molecular weight excluding hydrogens is 290 g/mol. The number of para-hydroxylation sites is 1. The monoisotopic (exact) mass is 303 g/mol. The van der Waals surface area contributed by atoms with E-state index in [1.54, 1.807) is 11.6 Å². The predicted octanol–water partition coefficient (Wildman–Crippen LogP) is 2.25. The molecular formula is C17H13N5O. The van der Waals surface area contributed by atoms with E-state index in [-0.39, 0.29) is 5.69 Å². The van der Waals surface area contributed by atoms with E-state index in [1.165, 1.54) is 4.40 Å². The zero-order chi connectivity index (χ0) is 15.8. The van der Waals surface area contributed by atoms with Gasteiger partial charge in [-0.1, -0.05) is 48.5 Å². The summed E-state index contributed by atoms with van der Waals surface area (Å²) >= 11 is 0. The number of hydrogen-bond donors (Lipinski definition) is 0. The van der Waals surface area contributed by atoms with Crippen LogP contribution in [-0.4, -0.2) is 24.1 Å². The van der Waals surface area contributed by atoms with Gasteiger partial charge in [0, 0.05) is 5.56 Å². The van der Waals surface area contributed by atoms with Gasteiger partial charge in [-0.25, -0.2) is 9.20 Å². The molecule has 0 amide bonds. The van der Waals surface area contributed by atoms with Crippen LogP contribution < -0.4 is 5.69 Å². The number of rotatable bonds is 2. The fourth-order valence-electron chi connectivity index (χ4n) is 2.51. The number of fused-ring (bicyclic) bond motifs is 1. The average Bonchev–Trinajstić information content (AvgIpc) is 2.94. The Hall–Kier alpha value is -3.28. The molecule has 0 aliphatic carbocycles. The standard InChI is InChI=1S/C17H13N5O/c1-12-20-22(14-10-6-3-7-11-14)16-18-15(19-17(23)21(12)16)13-8-4-2-5-9-13/h2-11H,1H3. The molecule has 0 atom stereocenters. The third kappa shape index (κ3) is 2.20. The molecule has 112 valence electrons. The lowest BCUT2D eigenvalue weighted by Gasteiger charge is -2.03. The third-order valence-corrected chi connectivity index (χ3v) is 3.59. The second kappa shape index (κ2) is 5.17. The minimum Gasteiger partial charge on any atom is -0.245 e. The summed E-state index contributed by atoms with van der Waals surface area (Å²) in [7, 11) is 0. The summed E-state index contributed by atoms with van der Waals surface area (Å²) in [5.74, 6) is 1.40. The highest BCUT2D eigenvalue weighted by atomic mass is 16.1. The smallest absolute Gasteiger partial charge is 0.245 e. The minimum absolute atomic E-state index is 0.381.